The van der Waals surface area contributed by atoms with Gasteiger partial charge in [0.15, 0.2) is 11.5 Å². The number of thiophene rings is 1. The molecule has 4 aromatic rings. The summed E-state index contributed by atoms with van der Waals surface area (Å²) in [7, 11) is 3.07. The maximum absolute atomic E-state index is 13.9. The number of fused-ring (bicyclic) bond motifs is 3. The minimum atomic E-state index is -1.09. The first-order valence-electron chi connectivity index (χ1n) is 16.4. The number of piperidine rings is 3. The van der Waals surface area contributed by atoms with Gasteiger partial charge in [-0.3, -0.25) is 15.4 Å². The highest BCUT2D eigenvalue weighted by Crippen LogP contribution is 2.41. The van der Waals surface area contributed by atoms with Crippen LogP contribution in [0.3, 0.4) is 0 Å². The van der Waals surface area contributed by atoms with Crippen LogP contribution in [0.4, 0.5) is 0 Å². The van der Waals surface area contributed by atoms with E-state index in [-0.39, 0.29) is 40.0 Å². The second-order valence-corrected chi connectivity index (χ2v) is 14.7. The van der Waals surface area contributed by atoms with E-state index in [9.17, 15) is 19.9 Å². The standard InChI is InChI=1S/C37H39Cl2N3O7S/c1-21-6-4-5-7-25(21)34(37(45)49-33-20-41-12-10-22(33)11-13-41)40-17-24-15-27(35(50-24)36(43)44)26(16-28-29(38)18-42(46)19-30(28)39)23-8-9-31(47-2)32(14-23)48-3/h4-9,14-15,18-19,22,26,33-34,40H,10-13,16-17,20H2,1-3H3,(H-,43,44,46)/p+1/t26-,33-,34?/m0/s1. The van der Waals surface area contributed by atoms with Crippen LogP contribution in [0.15, 0.2) is 60.9 Å². The predicted molar refractivity (Wildman–Crippen MR) is 190 cm³/mol. The molecule has 2 aromatic carbocycles. The predicted octanol–water partition coefficient (Wildman–Crippen LogP) is 6.45. The Hall–Kier alpha value is -3.87. The third-order valence-electron chi connectivity index (χ3n) is 9.75. The Morgan fingerprint density at radius 2 is 1.72 bits per heavy atom. The molecule has 3 fully saturated rings. The van der Waals surface area contributed by atoms with Gasteiger partial charge in [0.25, 0.3) is 0 Å². The topological polar surface area (TPSA) is 121 Å². The molecule has 2 bridgehead atoms. The van der Waals surface area contributed by atoms with E-state index in [2.05, 4.69) is 10.2 Å². The van der Waals surface area contributed by atoms with E-state index in [1.54, 1.807) is 19.2 Å². The summed E-state index contributed by atoms with van der Waals surface area (Å²) in [5, 5.41) is 24.3. The van der Waals surface area contributed by atoms with Crippen LogP contribution in [0.2, 0.25) is 10.0 Å². The van der Waals surface area contributed by atoms with Crippen molar-refractivity contribution < 1.29 is 38.8 Å². The Kier molecular flexibility index (Phi) is 11.2. The lowest BCUT2D eigenvalue weighted by Crippen LogP contribution is -2.52. The zero-order chi connectivity index (χ0) is 35.5. The first-order valence-corrected chi connectivity index (χ1v) is 18.0. The lowest BCUT2D eigenvalue weighted by atomic mass is 9.85. The summed E-state index contributed by atoms with van der Waals surface area (Å²) in [6.07, 6.45) is 4.78. The van der Waals surface area contributed by atoms with E-state index >= 15 is 0 Å². The van der Waals surface area contributed by atoms with Gasteiger partial charge in [-0.05, 0) is 85.6 Å². The van der Waals surface area contributed by atoms with Crippen LogP contribution in [0.5, 0.6) is 11.5 Å². The van der Waals surface area contributed by atoms with Crippen LogP contribution < -0.4 is 19.5 Å². The van der Waals surface area contributed by atoms with Gasteiger partial charge in [-0.25, -0.2) is 9.59 Å². The molecule has 3 aliphatic heterocycles. The number of aromatic nitrogens is 1. The molecule has 3 saturated heterocycles. The lowest BCUT2D eigenvalue weighted by molar-refractivity contribution is -0.904. The number of aromatic carboxylic acids is 1. The number of carboxylic acid groups (broad SMARTS) is 1. The van der Waals surface area contributed by atoms with E-state index in [0.717, 1.165) is 70.1 Å². The quantitative estimate of drug-likeness (QED) is 0.0807. The van der Waals surface area contributed by atoms with Crippen molar-refractivity contribution in [2.24, 2.45) is 5.92 Å². The summed E-state index contributed by atoms with van der Waals surface area (Å²) in [4.78, 5) is 29.9. The molecule has 5 heterocycles. The highest BCUT2D eigenvalue weighted by Gasteiger charge is 2.38. The number of carboxylic acids is 1. The van der Waals surface area contributed by atoms with Gasteiger partial charge in [0.2, 0.25) is 12.4 Å². The molecule has 13 heteroatoms. The van der Waals surface area contributed by atoms with Gasteiger partial charge in [-0.2, -0.15) is 0 Å². The second kappa shape index (κ2) is 15.6. The number of nitrogens with one attached hydrogen (secondary N) is 1. The number of benzene rings is 2. The average Bonchev–Trinajstić information content (AvgIpc) is 3.53. The van der Waals surface area contributed by atoms with Gasteiger partial charge < -0.3 is 19.3 Å². The molecular formula is C37H40Cl2N3O7S+. The molecule has 0 amide bonds. The monoisotopic (exact) mass is 740 g/mol. The van der Waals surface area contributed by atoms with Gasteiger partial charge in [0.05, 0.1) is 14.2 Å². The van der Waals surface area contributed by atoms with Crippen molar-refractivity contribution in [2.75, 3.05) is 33.9 Å². The SMILES string of the molecule is COc1ccc([C@H](Cc2c(Cl)c[n+](O)cc2Cl)c2cc(CNC(C(=O)O[C@H]3CN4CCC3CC4)c3ccccc3C)sc2C(=O)O)cc1OC. The van der Waals surface area contributed by atoms with Crippen LogP contribution in [-0.2, 0) is 22.5 Å². The molecule has 0 saturated carbocycles. The fraction of sp³-hybridized carbons (Fsp3) is 0.378. The van der Waals surface area contributed by atoms with Crippen LogP contribution in [0, 0.1) is 12.8 Å². The lowest BCUT2D eigenvalue weighted by Gasteiger charge is -2.44. The number of pyridine rings is 1. The number of hydrogen-bond donors (Lipinski definition) is 3. The summed E-state index contributed by atoms with van der Waals surface area (Å²) in [6.45, 7) is 5.01. The summed E-state index contributed by atoms with van der Waals surface area (Å²) >= 11 is 14.3. The van der Waals surface area contributed by atoms with Crippen LogP contribution in [0.1, 0.15) is 67.2 Å². The van der Waals surface area contributed by atoms with Gasteiger partial charge in [0, 0.05) is 34.2 Å². The molecule has 7 rings (SSSR count). The molecule has 1 unspecified atom stereocenters. The number of aryl methyl sites for hydroxylation is 1. The fourth-order valence-corrected chi connectivity index (χ4v) is 8.70. The van der Waals surface area contributed by atoms with Crippen molar-refractivity contribution in [3.05, 3.63) is 109 Å². The Morgan fingerprint density at radius 3 is 2.34 bits per heavy atom. The number of methoxy groups -OCH3 is 2. The van der Waals surface area contributed by atoms with E-state index in [1.807, 2.05) is 43.3 Å². The van der Waals surface area contributed by atoms with E-state index in [1.165, 1.54) is 19.5 Å². The fourth-order valence-electron chi connectivity index (χ4n) is 7.08. The van der Waals surface area contributed by atoms with Gasteiger partial charge in [-0.1, -0.05) is 53.5 Å². The largest absolute Gasteiger partial charge is 0.493 e. The molecule has 2 aromatic heterocycles. The smallest absolute Gasteiger partial charge is 0.346 e. The van der Waals surface area contributed by atoms with Gasteiger partial charge in [-0.15, -0.1) is 11.3 Å². The number of nitrogens with zero attached hydrogens (tertiary/aromatic N) is 2. The molecule has 0 spiro atoms. The van der Waals surface area contributed by atoms with E-state index in [4.69, 9.17) is 37.4 Å². The molecule has 264 valence electrons. The number of carbonyl (C=O) groups excluding carboxylic acids is 1. The summed E-state index contributed by atoms with van der Waals surface area (Å²) in [5.74, 6) is -0.604. The highest BCUT2D eigenvalue weighted by atomic mass is 35.5. The first kappa shape index (κ1) is 35.9. The minimum absolute atomic E-state index is 0.143. The maximum atomic E-state index is 13.9. The van der Waals surface area contributed by atoms with Crippen LogP contribution >= 0.6 is 34.5 Å². The molecule has 3 N–H and O–H groups in total. The number of rotatable bonds is 13. The Bertz CT molecular complexity index is 1850. The zero-order valence-corrected chi connectivity index (χ0v) is 30.4. The number of carbonyl (C=O) groups is 2. The summed E-state index contributed by atoms with van der Waals surface area (Å²) < 4.78 is 18.0. The molecule has 50 heavy (non-hydrogen) atoms. The molecule has 3 atom stereocenters. The van der Waals surface area contributed by atoms with E-state index in [0.29, 0.717) is 28.5 Å². The second-order valence-electron chi connectivity index (χ2n) is 12.8. The third kappa shape index (κ3) is 7.72. The van der Waals surface area contributed by atoms with Crippen LogP contribution in [0.25, 0.3) is 0 Å². The number of halogens is 2. The van der Waals surface area contributed by atoms with Crippen molar-refractivity contribution in [2.45, 2.75) is 50.8 Å². The number of hydrogen-bond acceptors (Lipinski definition) is 9. The summed E-state index contributed by atoms with van der Waals surface area (Å²) in [5.41, 5.74) is 3.58. The van der Waals surface area contributed by atoms with Crippen molar-refractivity contribution in [1.82, 2.24) is 10.2 Å². The molecular weight excluding hydrogens is 701 g/mol. The van der Waals surface area contributed by atoms with Crippen LogP contribution in [-0.4, -0.2) is 67.1 Å². The van der Waals surface area contributed by atoms with Gasteiger partial charge in [0.1, 0.15) is 27.1 Å². The Labute approximate surface area is 305 Å². The normalized spacial score (nSPS) is 19.5. The number of ether oxygens (including phenoxy) is 3. The van der Waals surface area contributed by atoms with E-state index < -0.39 is 17.9 Å². The Balaban J connectivity index is 1.34. The third-order valence-corrected chi connectivity index (χ3v) is 11.5. The number of esters is 1. The Morgan fingerprint density at radius 1 is 1.02 bits per heavy atom. The molecule has 10 nitrogen and oxygen atoms in total. The van der Waals surface area contributed by atoms with Crippen molar-refractivity contribution in [3.8, 4) is 11.5 Å². The minimum Gasteiger partial charge on any atom is -0.493 e. The van der Waals surface area contributed by atoms with Crippen molar-refractivity contribution >= 4 is 46.5 Å². The molecule has 0 aliphatic carbocycles. The highest BCUT2D eigenvalue weighted by molar-refractivity contribution is 7.14. The van der Waals surface area contributed by atoms with Gasteiger partial charge >= 0.3 is 11.9 Å². The average molecular weight is 742 g/mol. The zero-order valence-electron chi connectivity index (χ0n) is 28.0. The molecule has 0 radical (unpaired) electrons. The molecule has 3 aliphatic rings. The first-order chi connectivity index (χ1) is 24.1. The maximum Gasteiger partial charge on any atom is 0.346 e. The van der Waals surface area contributed by atoms with Crippen molar-refractivity contribution in [1.29, 1.82) is 0 Å². The van der Waals surface area contributed by atoms with Crippen molar-refractivity contribution in [3.63, 3.8) is 0 Å². The summed E-state index contributed by atoms with van der Waals surface area (Å²) in [6, 6.07) is 14.2.